The maximum atomic E-state index is 12.1. The van der Waals surface area contributed by atoms with E-state index in [2.05, 4.69) is 24.6 Å². The molecule has 0 rings (SSSR count). The van der Waals surface area contributed by atoms with Crippen molar-refractivity contribution in [3.63, 3.8) is 0 Å². The van der Waals surface area contributed by atoms with E-state index >= 15 is 0 Å². The number of nitrogens with zero attached hydrogens (tertiary/aromatic N) is 1. The van der Waals surface area contributed by atoms with Crippen molar-refractivity contribution in [3.8, 4) is 0 Å². The van der Waals surface area contributed by atoms with Crippen molar-refractivity contribution in [1.29, 1.82) is 0 Å². The van der Waals surface area contributed by atoms with Gasteiger partial charge in [0, 0.05) is 67.8 Å². The molecule has 0 saturated heterocycles. The Morgan fingerprint density at radius 2 is 0.975 bits per heavy atom. The van der Waals surface area contributed by atoms with Crippen molar-refractivity contribution in [2.45, 2.75) is 44.7 Å². The Morgan fingerprint density at radius 3 is 1.27 bits per heavy atom. The molecule has 0 spiro atoms. The highest BCUT2D eigenvalue weighted by atomic mass is 28.4. The summed E-state index contributed by atoms with van der Waals surface area (Å²) in [5, 5.41) is 6.48. The summed E-state index contributed by atoms with van der Waals surface area (Å²) >= 11 is 0. The fourth-order valence-electron chi connectivity index (χ4n) is 3.94. The number of quaternary nitrogens is 1. The molecule has 13 nitrogen and oxygen atoms in total. The molecule has 238 valence electrons. The second kappa shape index (κ2) is 22.6. The van der Waals surface area contributed by atoms with Gasteiger partial charge in [-0.15, -0.1) is 0 Å². The summed E-state index contributed by atoms with van der Waals surface area (Å²) in [5.74, 6) is -0.466. The lowest BCUT2D eigenvalue weighted by Crippen LogP contribution is -2.48. The number of hydrogen-bond acceptors (Lipinski definition) is 12. The van der Waals surface area contributed by atoms with Crippen LogP contribution in [0.5, 0.6) is 0 Å². The van der Waals surface area contributed by atoms with E-state index in [0.717, 1.165) is 32.5 Å². The normalized spacial score (nSPS) is 12.5. The number of hydrogen-bond donors (Lipinski definition) is 2. The summed E-state index contributed by atoms with van der Waals surface area (Å²) < 4.78 is 43.9. The van der Waals surface area contributed by atoms with Gasteiger partial charge in [0.15, 0.2) is 0 Å². The number of rotatable bonds is 27. The van der Waals surface area contributed by atoms with Crippen molar-refractivity contribution < 1.29 is 50.1 Å². The average molecular weight is 615 g/mol. The zero-order chi connectivity index (χ0) is 30.3. The van der Waals surface area contributed by atoms with E-state index in [1.807, 2.05) is 0 Å². The monoisotopic (exact) mass is 614 g/mol. The van der Waals surface area contributed by atoms with Crippen LogP contribution >= 0.6 is 0 Å². The summed E-state index contributed by atoms with van der Waals surface area (Å²) in [6, 6.07) is 1.41. The highest BCUT2D eigenvalue weighted by molar-refractivity contribution is 6.60. The maximum absolute atomic E-state index is 12.1. The van der Waals surface area contributed by atoms with Gasteiger partial charge in [-0.1, -0.05) is 0 Å². The number of likely N-dealkylation sites (N-methyl/N-ethyl adjacent to an activating group) is 1. The Kier molecular flexibility index (Phi) is 22.0. The van der Waals surface area contributed by atoms with Gasteiger partial charge in [0.2, 0.25) is 0 Å². The van der Waals surface area contributed by atoms with E-state index in [1.165, 1.54) is 0 Å². The maximum Gasteiger partial charge on any atom is 0.500 e. The SMILES string of the molecule is CC[N+](C)(CCOC(=O)CCNCCC[Si](OC)(OC)OC)CCOC(=O)CCNCCC[Si](OC)(OC)OC. The molecule has 2 N–H and O–H groups in total. The fourth-order valence-corrected chi connectivity index (χ4v) is 7.38. The molecule has 40 heavy (non-hydrogen) atoms. The van der Waals surface area contributed by atoms with E-state index < -0.39 is 17.6 Å². The lowest BCUT2D eigenvalue weighted by molar-refractivity contribution is -0.908. The topological polar surface area (TPSA) is 132 Å². The number of carbonyl (C=O) groups excluding carboxylic acids is 2. The number of ether oxygens (including phenoxy) is 2. The molecule has 0 radical (unpaired) electrons. The predicted molar refractivity (Wildman–Crippen MR) is 156 cm³/mol. The summed E-state index contributed by atoms with van der Waals surface area (Å²) in [6.07, 6.45) is 2.25. The van der Waals surface area contributed by atoms with Gasteiger partial charge in [-0.05, 0) is 32.9 Å². The molecule has 0 aromatic rings. The molecule has 0 aliphatic rings. The third-order valence-electron chi connectivity index (χ3n) is 7.10. The highest BCUT2D eigenvalue weighted by Crippen LogP contribution is 2.15. The first-order valence-electron chi connectivity index (χ1n) is 14.0. The van der Waals surface area contributed by atoms with Crippen molar-refractivity contribution in [2.24, 2.45) is 0 Å². The Balaban J connectivity index is 3.99. The summed E-state index contributed by atoms with van der Waals surface area (Å²) in [5.41, 5.74) is 0. The smallest absolute Gasteiger partial charge is 0.460 e. The van der Waals surface area contributed by atoms with E-state index in [0.29, 0.717) is 68.8 Å². The zero-order valence-electron chi connectivity index (χ0n) is 26.1. The lowest BCUT2D eigenvalue weighted by Gasteiger charge is -2.32. The van der Waals surface area contributed by atoms with Crippen LogP contribution < -0.4 is 10.6 Å². The van der Waals surface area contributed by atoms with E-state index in [-0.39, 0.29) is 11.9 Å². The minimum absolute atomic E-state index is 0.233. The van der Waals surface area contributed by atoms with Crippen LogP contribution in [-0.4, -0.2) is 143 Å². The Bertz CT molecular complexity index is 604. The predicted octanol–water partition coefficient (Wildman–Crippen LogP) is 1.04. The Hall–Kier alpha value is -0.986. The van der Waals surface area contributed by atoms with Crippen LogP contribution in [-0.2, 0) is 45.6 Å². The van der Waals surface area contributed by atoms with Gasteiger partial charge in [-0.25, -0.2) is 0 Å². The van der Waals surface area contributed by atoms with Gasteiger partial charge < -0.3 is 51.1 Å². The van der Waals surface area contributed by atoms with Crippen LogP contribution in [0.15, 0.2) is 0 Å². The van der Waals surface area contributed by atoms with E-state index in [9.17, 15) is 9.59 Å². The van der Waals surface area contributed by atoms with Gasteiger partial charge >= 0.3 is 29.5 Å². The second-order valence-corrected chi connectivity index (χ2v) is 15.8. The first kappa shape index (κ1) is 39.0. The molecule has 0 aromatic heterocycles. The fraction of sp³-hybridized carbons (Fsp3) is 0.920. The van der Waals surface area contributed by atoms with Crippen molar-refractivity contribution in [1.82, 2.24) is 10.6 Å². The van der Waals surface area contributed by atoms with Gasteiger partial charge in [-0.3, -0.25) is 9.59 Å². The van der Waals surface area contributed by atoms with Crippen LogP contribution in [0, 0.1) is 0 Å². The molecular weight excluding hydrogens is 558 g/mol. The van der Waals surface area contributed by atoms with Gasteiger partial charge in [0.25, 0.3) is 0 Å². The third-order valence-corrected chi connectivity index (χ3v) is 12.8. The quantitative estimate of drug-likeness (QED) is 0.0593. The standard InChI is InChI=1S/C25H56N3O10Si2/c1-9-28(2,18-20-37-24(29)12-16-26-14-10-22-39(31-3,32-4)33-5)19-21-38-25(30)13-17-27-15-11-23-40(34-6,35-7)36-8/h26-27H,9-23H2,1-8H3/q+1. The summed E-state index contributed by atoms with van der Waals surface area (Å²) in [7, 11) is 6.56. The summed E-state index contributed by atoms with van der Waals surface area (Å²) in [6.45, 7) is 7.41. The zero-order valence-corrected chi connectivity index (χ0v) is 28.1. The number of carbonyl (C=O) groups is 2. The van der Waals surface area contributed by atoms with E-state index in [1.54, 1.807) is 42.7 Å². The van der Waals surface area contributed by atoms with Crippen LogP contribution in [0.3, 0.4) is 0 Å². The van der Waals surface area contributed by atoms with Gasteiger partial charge in [-0.2, -0.15) is 0 Å². The highest BCUT2D eigenvalue weighted by Gasteiger charge is 2.37. The molecule has 0 fully saturated rings. The number of nitrogens with one attached hydrogen (secondary N) is 2. The minimum atomic E-state index is -2.55. The molecule has 0 saturated carbocycles. The molecule has 0 heterocycles. The van der Waals surface area contributed by atoms with Crippen molar-refractivity contribution in [2.75, 3.05) is 109 Å². The Labute approximate surface area is 243 Å². The Morgan fingerprint density at radius 1 is 0.625 bits per heavy atom. The van der Waals surface area contributed by atoms with E-state index in [4.69, 9.17) is 36.0 Å². The molecule has 0 amide bonds. The summed E-state index contributed by atoms with van der Waals surface area (Å²) in [4.78, 5) is 24.2. The molecule has 0 aliphatic heterocycles. The van der Waals surface area contributed by atoms with Crippen molar-refractivity contribution in [3.05, 3.63) is 0 Å². The first-order valence-corrected chi connectivity index (χ1v) is 17.9. The number of esters is 2. The molecular formula is C25H56N3O10Si2+. The molecule has 0 atom stereocenters. The van der Waals surface area contributed by atoms with Gasteiger partial charge in [0.05, 0.1) is 26.4 Å². The average Bonchev–Trinajstić information content (AvgIpc) is 2.97. The van der Waals surface area contributed by atoms with Crippen LogP contribution in [0.25, 0.3) is 0 Å². The molecule has 0 aromatic carbocycles. The molecule has 0 bridgehead atoms. The lowest BCUT2D eigenvalue weighted by atomic mass is 10.3. The molecule has 0 unspecified atom stereocenters. The van der Waals surface area contributed by atoms with Crippen molar-refractivity contribution >= 4 is 29.5 Å². The van der Waals surface area contributed by atoms with Crippen LogP contribution in [0.1, 0.15) is 32.6 Å². The first-order chi connectivity index (χ1) is 19.1. The molecule has 15 heteroatoms. The molecule has 0 aliphatic carbocycles. The second-order valence-electron chi connectivity index (χ2n) is 9.62. The van der Waals surface area contributed by atoms with Crippen LogP contribution in [0.4, 0.5) is 0 Å². The van der Waals surface area contributed by atoms with Gasteiger partial charge in [0.1, 0.15) is 26.3 Å². The minimum Gasteiger partial charge on any atom is -0.460 e. The largest absolute Gasteiger partial charge is 0.500 e. The van der Waals surface area contributed by atoms with Crippen LogP contribution in [0.2, 0.25) is 12.1 Å². The third kappa shape index (κ3) is 16.5.